The summed E-state index contributed by atoms with van der Waals surface area (Å²) >= 11 is 0. The quantitative estimate of drug-likeness (QED) is 0.840. The van der Waals surface area contributed by atoms with Gasteiger partial charge >= 0.3 is 0 Å². The zero-order chi connectivity index (χ0) is 15.5. The minimum Gasteiger partial charge on any atom is -0.304 e. The smallest absolute Gasteiger partial charge is 0.227 e. The third-order valence-electron chi connectivity index (χ3n) is 3.36. The van der Waals surface area contributed by atoms with Crippen LogP contribution in [0.15, 0.2) is 35.7 Å². The Morgan fingerprint density at radius 3 is 2.52 bits per heavy atom. The van der Waals surface area contributed by atoms with Gasteiger partial charge in [-0.05, 0) is 36.8 Å². The number of halogens is 1. The number of hydrogen-bond acceptors (Lipinski definition) is 3. The van der Waals surface area contributed by atoms with Crippen LogP contribution in [0.25, 0.3) is 0 Å². The minimum absolute atomic E-state index is 0.123. The van der Waals surface area contributed by atoms with Crippen LogP contribution < -0.4 is 4.90 Å². The summed E-state index contributed by atoms with van der Waals surface area (Å²) in [5.74, 6) is -0.660. The molecule has 4 nitrogen and oxygen atoms in total. The van der Waals surface area contributed by atoms with Crippen LogP contribution in [0.1, 0.15) is 26.2 Å². The lowest BCUT2D eigenvalue weighted by Crippen LogP contribution is -2.41. The largest absolute Gasteiger partial charge is 0.304 e. The summed E-state index contributed by atoms with van der Waals surface area (Å²) in [5, 5.41) is 1.14. The minimum atomic E-state index is -3.26. The van der Waals surface area contributed by atoms with Gasteiger partial charge in [0.15, 0.2) is 9.84 Å². The number of carbonyl (C=O) groups excluding carboxylic acids is 1. The number of anilines is 1. The van der Waals surface area contributed by atoms with Gasteiger partial charge in [-0.15, -0.1) is 0 Å². The number of hydrogen-bond donors (Lipinski definition) is 0. The Morgan fingerprint density at radius 2 is 2.00 bits per heavy atom. The predicted octanol–water partition coefficient (Wildman–Crippen LogP) is 2.66. The molecule has 0 fully saturated rings. The van der Waals surface area contributed by atoms with Crippen LogP contribution in [-0.2, 0) is 14.6 Å². The van der Waals surface area contributed by atoms with Gasteiger partial charge in [-0.25, -0.2) is 12.8 Å². The van der Waals surface area contributed by atoms with E-state index >= 15 is 0 Å². The Morgan fingerprint density at radius 1 is 1.33 bits per heavy atom. The summed E-state index contributed by atoms with van der Waals surface area (Å²) in [6, 6.07) is 5.01. The van der Waals surface area contributed by atoms with Gasteiger partial charge in [0.05, 0.1) is 11.8 Å². The maximum Gasteiger partial charge on any atom is 0.227 e. The molecule has 1 heterocycles. The first kappa shape index (κ1) is 15.7. The van der Waals surface area contributed by atoms with Gasteiger partial charge in [-0.2, -0.15) is 0 Å². The predicted molar refractivity (Wildman–Crippen MR) is 80.1 cm³/mol. The lowest BCUT2D eigenvalue weighted by molar-refractivity contribution is -0.118. The SMILES string of the molecule is CCCCC(=O)N(c1ccc(F)cc1)C1C=CS(=O)(=O)C1. The molecular formula is C15H18FNO3S. The fourth-order valence-electron chi connectivity index (χ4n) is 2.29. The molecule has 21 heavy (non-hydrogen) atoms. The van der Waals surface area contributed by atoms with Crippen LogP contribution in [0.5, 0.6) is 0 Å². The molecule has 0 radical (unpaired) electrons. The summed E-state index contributed by atoms with van der Waals surface area (Å²) in [4.78, 5) is 13.8. The second-order valence-corrected chi connectivity index (χ2v) is 7.00. The molecule has 1 aliphatic rings. The molecule has 1 unspecified atom stereocenters. The molecule has 1 aliphatic heterocycles. The van der Waals surface area contributed by atoms with Crippen LogP contribution in [0.4, 0.5) is 10.1 Å². The van der Waals surface area contributed by atoms with Crippen LogP contribution in [-0.4, -0.2) is 26.1 Å². The molecular weight excluding hydrogens is 293 g/mol. The number of rotatable bonds is 5. The second kappa shape index (κ2) is 6.39. The van der Waals surface area contributed by atoms with Crippen molar-refractivity contribution in [3.8, 4) is 0 Å². The van der Waals surface area contributed by atoms with E-state index in [0.717, 1.165) is 18.2 Å². The number of benzene rings is 1. The van der Waals surface area contributed by atoms with E-state index < -0.39 is 21.7 Å². The Balaban J connectivity index is 2.29. The molecule has 2 rings (SSSR count). The van der Waals surface area contributed by atoms with Gasteiger partial charge in [-0.3, -0.25) is 4.79 Å². The van der Waals surface area contributed by atoms with E-state index in [0.29, 0.717) is 12.1 Å². The van der Waals surface area contributed by atoms with Crippen molar-refractivity contribution in [3.63, 3.8) is 0 Å². The van der Waals surface area contributed by atoms with Crippen molar-refractivity contribution < 1.29 is 17.6 Å². The van der Waals surface area contributed by atoms with Crippen molar-refractivity contribution in [1.82, 2.24) is 0 Å². The molecule has 1 amide bonds. The molecule has 0 N–H and O–H groups in total. The van der Waals surface area contributed by atoms with E-state index in [9.17, 15) is 17.6 Å². The van der Waals surface area contributed by atoms with Crippen molar-refractivity contribution in [1.29, 1.82) is 0 Å². The lowest BCUT2D eigenvalue weighted by atomic mass is 10.1. The first-order valence-corrected chi connectivity index (χ1v) is 8.63. The lowest BCUT2D eigenvalue weighted by Gasteiger charge is -2.27. The normalized spacial score (nSPS) is 19.6. The first-order valence-electron chi connectivity index (χ1n) is 6.91. The van der Waals surface area contributed by atoms with Crippen LogP contribution in [0, 0.1) is 5.82 Å². The van der Waals surface area contributed by atoms with E-state index in [1.54, 1.807) is 0 Å². The first-order chi connectivity index (χ1) is 9.93. The molecule has 6 heteroatoms. The highest BCUT2D eigenvalue weighted by Crippen LogP contribution is 2.24. The van der Waals surface area contributed by atoms with Gasteiger partial charge in [0.1, 0.15) is 5.82 Å². The molecule has 1 aromatic carbocycles. The maximum absolute atomic E-state index is 13.0. The summed E-state index contributed by atoms with van der Waals surface area (Å²) in [7, 11) is -3.26. The Labute approximate surface area is 124 Å². The van der Waals surface area contributed by atoms with E-state index in [4.69, 9.17) is 0 Å². The third kappa shape index (κ3) is 3.91. The van der Waals surface area contributed by atoms with E-state index in [2.05, 4.69) is 0 Å². The van der Waals surface area contributed by atoms with Gasteiger partial charge in [0, 0.05) is 17.5 Å². The number of amides is 1. The van der Waals surface area contributed by atoms with Crippen molar-refractivity contribution in [3.05, 3.63) is 41.6 Å². The fourth-order valence-corrected chi connectivity index (χ4v) is 3.56. The van der Waals surface area contributed by atoms with Crippen LogP contribution >= 0.6 is 0 Å². The zero-order valence-corrected chi connectivity index (χ0v) is 12.6. The van der Waals surface area contributed by atoms with Crippen LogP contribution in [0.3, 0.4) is 0 Å². The molecule has 0 aromatic heterocycles. The molecule has 0 spiro atoms. The van der Waals surface area contributed by atoms with Crippen LogP contribution in [0.2, 0.25) is 0 Å². The van der Waals surface area contributed by atoms with Gasteiger partial charge in [-0.1, -0.05) is 13.3 Å². The van der Waals surface area contributed by atoms with Crippen molar-refractivity contribution in [2.45, 2.75) is 32.2 Å². The Bertz CT molecular complexity index is 637. The summed E-state index contributed by atoms with van der Waals surface area (Å²) in [5.41, 5.74) is 0.518. The Kier molecular flexibility index (Phi) is 4.77. The highest BCUT2D eigenvalue weighted by molar-refractivity contribution is 7.94. The van der Waals surface area contributed by atoms with Gasteiger partial charge < -0.3 is 4.90 Å². The van der Waals surface area contributed by atoms with E-state index in [1.807, 2.05) is 6.92 Å². The van der Waals surface area contributed by atoms with Crippen molar-refractivity contribution in [2.75, 3.05) is 10.7 Å². The number of nitrogens with zero attached hydrogens (tertiary/aromatic N) is 1. The molecule has 114 valence electrons. The summed E-state index contributed by atoms with van der Waals surface area (Å²) < 4.78 is 36.2. The van der Waals surface area contributed by atoms with E-state index in [1.165, 1.54) is 35.2 Å². The number of carbonyl (C=O) groups is 1. The van der Waals surface area contributed by atoms with Crippen molar-refractivity contribution in [2.24, 2.45) is 0 Å². The maximum atomic E-state index is 13.0. The van der Waals surface area contributed by atoms with Gasteiger partial charge in [0.2, 0.25) is 5.91 Å². The number of sulfone groups is 1. The highest BCUT2D eigenvalue weighted by Gasteiger charge is 2.30. The number of unbranched alkanes of at least 4 members (excludes halogenated alkanes) is 1. The second-order valence-electron chi connectivity index (χ2n) is 5.07. The fraction of sp³-hybridized carbons (Fsp3) is 0.400. The Hall–Kier alpha value is -1.69. The van der Waals surface area contributed by atoms with Crippen molar-refractivity contribution >= 4 is 21.4 Å². The van der Waals surface area contributed by atoms with E-state index in [-0.39, 0.29) is 11.7 Å². The highest BCUT2D eigenvalue weighted by atomic mass is 32.2. The zero-order valence-electron chi connectivity index (χ0n) is 11.8. The standard InChI is InChI=1S/C15H18FNO3S/c1-2-3-4-15(18)17(13-7-5-12(16)6-8-13)14-9-10-21(19,20)11-14/h5-10,14H,2-4,11H2,1H3. The van der Waals surface area contributed by atoms with Gasteiger partial charge in [0.25, 0.3) is 0 Å². The summed E-state index contributed by atoms with van der Waals surface area (Å²) in [6.07, 6.45) is 3.47. The average Bonchev–Trinajstić information content (AvgIpc) is 2.79. The summed E-state index contributed by atoms with van der Waals surface area (Å²) in [6.45, 7) is 1.98. The average molecular weight is 311 g/mol. The monoisotopic (exact) mass is 311 g/mol. The third-order valence-corrected chi connectivity index (χ3v) is 4.74. The molecule has 0 bridgehead atoms. The molecule has 0 aliphatic carbocycles. The topological polar surface area (TPSA) is 54.5 Å². The molecule has 1 aromatic rings. The molecule has 0 saturated carbocycles. The molecule has 0 saturated heterocycles. The molecule has 1 atom stereocenters.